The van der Waals surface area contributed by atoms with Gasteiger partial charge in [-0.2, -0.15) is 0 Å². The first-order chi connectivity index (χ1) is 9.06. The summed E-state index contributed by atoms with van der Waals surface area (Å²) in [6.07, 6.45) is -0.264. The van der Waals surface area contributed by atoms with E-state index < -0.39 is 17.4 Å². The van der Waals surface area contributed by atoms with Gasteiger partial charge in [0.05, 0.1) is 12.0 Å². The molecule has 1 aliphatic rings. The van der Waals surface area contributed by atoms with Crippen LogP contribution in [0.5, 0.6) is 0 Å². The number of aliphatic hydroxyl groups is 1. The fourth-order valence-corrected chi connectivity index (χ4v) is 2.72. The van der Waals surface area contributed by atoms with Crippen LogP contribution in [0.2, 0.25) is 0 Å². The van der Waals surface area contributed by atoms with E-state index >= 15 is 0 Å². The van der Waals surface area contributed by atoms with E-state index in [0.29, 0.717) is 12.8 Å². The van der Waals surface area contributed by atoms with Crippen LogP contribution >= 0.6 is 0 Å². The highest BCUT2D eigenvalue weighted by molar-refractivity contribution is 6.08. The number of carbonyl (C=O) groups is 2. The van der Waals surface area contributed by atoms with Crippen LogP contribution in [-0.4, -0.2) is 27.9 Å². The number of rotatable bonds is 4. The minimum absolute atomic E-state index is 0.233. The standard InChI is InChI=1S/C15H19NO3/c1-3-15(4-2)12(17)13(18)16(14(15)19)10-11-8-6-5-7-9-11/h5-9,12,17H,3-4,10H2,1-2H3/t12-/m0/s1. The zero-order chi connectivity index (χ0) is 14.0. The molecular formula is C15H19NO3. The number of imide groups is 1. The van der Waals surface area contributed by atoms with Gasteiger partial charge in [-0.3, -0.25) is 14.5 Å². The quantitative estimate of drug-likeness (QED) is 0.840. The lowest BCUT2D eigenvalue weighted by Gasteiger charge is -2.25. The largest absolute Gasteiger partial charge is 0.382 e. The Balaban J connectivity index is 2.28. The van der Waals surface area contributed by atoms with Gasteiger partial charge in [-0.25, -0.2) is 0 Å². The second-order valence-corrected chi connectivity index (χ2v) is 4.98. The van der Waals surface area contributed by atoms with Gasteiger partial charge in [-0.15, -0.1) is 0 Å². The van der Waals surface area contributed by atoms with Gasteiger partial charge in [-0.05, 0) is 18.4 Å². The van der Waals surface area contributed by atoms with Crippen molar-refractivity contribution in [3.05, 3.63) is 35.9 Å². The number of nitrogens with zero attached hydrogens (tertiary/aromatic N) is 1. The van der Waals surface area contributed by atoms with Crippen LogP contribution in [0.1, 0.15) is 32.3 Å². The Kier molecular flexibility index (Phi) is 3.71. The molecule has 4 heteroatoms. The van der Waals surface area contributed by atoms with E-state index in [1.165, 1.54) is 4.90 Å². The molecule has 0 aliphatic carbocycles. The van der Waals surface area contributed by atoms with Crippen molar-refractivity contribution in [3.8, 4) is 0 Å². The van der Waals surface area contributed by atoms with E-state index in [2.05, 4.69) is 0 Å². The number of carbonyl (C=O) groups excluding carboxylic acids is 2. The van der Waals surface area contributed by atoms with E-state index in [1.807, 2.05) is 44.2 Å². The van der Waals surface area contributed by atoms with E-state index in [-0.39, 0.29) is 12.5 Å². The summed E-state index contributed by atoms with van der Waals surface area (Å²) in [5.41, 5.74) is -0.0503. The van der Waals surface area contributed by atoms with Crippen LogP contribution in [0.15, 0.2) is 30.3 Å². The highest BCUT2D eigenvalue weighted by Gasteiger charge is 2.56. The maximum Gasteiger partial charge on any atom is 0.259 e. The second kappa shape index (κ2) is 5.13. The van der Waals surface area contributed by atoms with Crippen molar-refractivity contribution in [2.75, 3.05) is 0 Å². The molecular weight excluding hydrogens is 242 g/mol. The fraction of sp³-hybridized carbons (Fsp3) is 0.467. The van der Waals surface area contributed by atoms with Gasteiger partial charge in [0.15, 0.2) is 0 Å². The summed E-state index contributed by atoms with van der Waals surface area (Å²) < 4.78 is 0. The van der Waals surface area contributed by atoms with Crippen LogP contribution in [-0.2, 0) is 16.1 Å². The third kappa shape index (κ3) is 2.06. The Morgan fingerprint density at radius 2 is 1.74 bits per heavy atom. The summed E-state index contributed by atoms with van der Waals surface area (Å²) in [6.45, 7) is 3.91. The molecule has 2 rings (SSSR count). The highest BCUT2D eigenvalue weighted by atomic mass is 16.3. The van der Waals surface area contributed by atoms with Crippen LogP contribution in [0.25, 0.3) is 0 Å². The van der Waals surface area contributed by atoms with Crippen LogP contribution in [0.3, 0.4) is 0 Å². The predicted molar refractivity (Wildman–Crippen MR) is 71.0 cm³/mol. The topological polar surface area (TPSA) is 57.6 Å². The zero-order valence-corrected chi connectivity index (χ0v) is 11.3. The molecule has 1 aromatic rings. The normalized spacial score (nSPS) is 22.1. The number of hydrogen-bond donors (Lipinski definition) is 1. The molecule has 0 unspecified atom stereocenters. The minimum Gasteiger partial charge on any atom is -0.382 e. The summed E-state index contributed by atoms with van der Waals surface area (Å²) in [6, 6.07) is 9.34. The number of aliphatic hydroxyl groups excluding tert-OH is 1. The first-order valence-electron chi connectivity index (χ1n) is 6.64. The lowest BCUT2D eigenvalue weighted by atomic mass is 9.78. The van der Waals surface area contributed by atoms with Crippen molar-refractivity contribution in [2.45, 2.75) is 39.3 Å². The maximum absolute atomic E-state index is 12.5. The van der Waals surface area contributed by atoms with Crippen LogP contribution in [0, 0.1) is 5.41 Å². The molecule has 19 heavy (non-hydrogen) atoms. The average molecular weight is 261 g/mol. The van der Waals surface area contributed by atoms with Gasteiger partial charge < -0.3 is 5.11 Å². The van der Waals surface area contributed by atoms with E-state index in [0.717, 1.165) is 5.56 Å². The summed E-state index contributed by atoms with van der Waals surface area (Å²) in [5, 5.41) is 10.1. The Labute approximate surface area is 113 Å². The first-order valence-corrected chi connectivity index (χ1v) is 6.64. The molecule has 0 bridgehead atoms. The molecule has 4 nitrogen and oxygen atoms in total. The van der Waals surface area contributed by atoms with E-state index in [9.17, 15) is 14.7 Å². The van der Waals surface area contributed by atoms with Gasteiger partial charge in [0, 0.05) is 0 Å². The third-order valence-electron chi connectivity index (χ3n) is 4.14. The molecule has 102 valence electrons. The highest BCUT2D eigenvalue weighted by Crippen LogP contribution is 2.40. The average Bonchev–Trinajstić information content (AvgIpc) is 2.62. The van der Waals surface area contributed by atoms with Gasteiger partial charge >= 0.3 is 0 Å². The predicted octanol–water partition coefficient (Wildman–Crippen LogP) is 1.72. The Bertz CT molecular complexity index is 479. The molecule has 1 saturated heterocycles. The molecule has 0 aromatic heterocycles. The fourth-order valence-electron chi connectivity index (χ4n) is 2.72. The lowest BCUT2D eigenvalue weighted by Crippen LogP contribution is -2.37. The Hall–Kier alpha value is -1.68. The molecule has 2 amide bonds. The van der Waals surface area contributed by atoms with E-state index in [1.54, 1.807) is 0 Å². The van der Waals surface area contributed by atoms with Gasteiger partial charge in [0.1, 0.15) is 6.10 Å². The molecule has 0 radical (unpaired) electrons. The SMILES string of the molecule is CCC1(CC)C(=O)N(Cc2ccccc2)C(=O)[C@@H]1O. The maximum atomic E-state index is 12.5. The Morgan fingerprint density at radius 3 is 2.21 bits per heavy atom. The first kappa shape index (κ1) is 13.7. The van der Waals surface area contributed by atoms with Crippen LogP contribution in [0.4, 0.5) is 0 Å². The van der Waals surface area contributed by atoms with Gasteiger partial charge in [-0.1, -0.05) is 44.2 Å². The molecule has 1 aromatic carbocycles. The zero-order valence-electron chi connectivity index (χ0n) is 11.3. The van der Waals surface area contributed by atoms with Gasteiger partial charge in [0.2, 0.25) is 5.91 Å². The van der Waals surface area contributed by atoms with Crippen molar-refractivity contribution >= 4 is 11.8 Å². The van der Waals surface area contributed by atoms with E-state index in [4.69, 9.17) is 0 Å². The smallest absolute Gasteiger partial charge is 0.259 e. The molecule has 0 saturated carbocycles. The monoisotopic (exact) mass is 261 g/mol. The number of benzene rings is 1. The summed E-state index contributed by atoms with van der Waals surface area (Å²) in [7, 11) is 0. The summed E-state index contributed by atoms with van der Waals surface area (Å²) in [5.74, 6) is -0.726. The summed E-state index contributed by atoms with van der Waals surface area (Å²) >= 11 is 0. The summed E-state index contributed by atoms with van der Waals surface area (Å²) in [4.78, 5) is 25.8. The Morgan fingerprint density at radius 1 is 1.16 bits per heavy atom. The molecule has 1 fully saturated rings. The van der Waals surface area contributed by atoms with Crippen molar-refractivity contribution in [1.29, 1.82) is 0 Å². The van der Waals surface area contributed by atoms with Crippen molar-refractivity contribution in [2.24, 2.45) is 5.41 Å². The molecule has 0 spiro atoms. The molecule has 1 aliphatic heterocycles. The third-order valence-corrected chi connectivity index (χ3v) is 4.14. The number of hydrogen-bond acceptors (Lipinski definition) is 3. The molecule has 1 heterocycles. The van der Waals surface area contributed by atoms with Crippen molar-refractivity contribution in [3.63, 3.8) is 0 Å². The lowest BCUT2D eigenvalue weighted by molar-refractivity contribution is -0.142. The number of likely N-dealkylation sites (tertiary alicyclic amines) is 1. The second-order valence-electron chi connectivity index (χ2n) is 4.98. The minimum atomic E-state index is -1.21. The van der Waals surface area contributed by atoms with Crippen LogP contribution < -0.4 is 0 Å². The molecule has 1 N–H and O–H groups in total. The van der Waals surface area contributed by atoms with Gasteiger partial charge in [0.25, 0.3) is 5.91 Å². The number of amides is 2. The molecule has 1 atom stereocenters. The van der Waals surface area contributed by atoms with Crippen molar-refractivity contribution in [1.82, 2.24) is 4.90 Å². The van der Waals surface area contributed by atoms with Crippen molar-refractivity contribution < 1.29 is 14.7 Å².